The molecule has 0 N–H and O–H groups in total. The fraction of sp³-hybridized carbons (Fsp3) is 0.0714. The molecule has 0 aliphatic carbocycles. The highest BCUT2D eigenvalue weighted by Gasteiger charge is 2.05. The summed E-state index contributed by atoms with van der Waals surface area (Å²) < 4.78 is 0. The van der Waals surface area contributed by atoms with Crippen LogP contribution < -0.4 is 0 Å². The van der Waals surface area contributed by atoms with Crippen molar-refractivity contribution in [3.63, 3.8) is 0 Å². The first kappa shape index (κ1) is 29.9. The molecule has 0 amide bonds. The number of carbonyl (C=O) groups excluding carboxylic acids is 2. The molecule has 0 aliphatic rings. The van der Waals surface area contributed by atoms with E-state index in [-0.39, 0.29) is 28.5 Å². The highest BCUT2D eigenvalue weighted by Crippen LogP contribution is 2.18. The van der Waals surface area contributed by atoms with Crippen molar-refractivity contribution in [1.82, 2.24) is 0 Å². The van der Waals surface area contributed by atoms with Gasteiger partial charge in [0.15, 0.2) is 11.6 Å². The number of carbonyl (C=O) groups is 2. The van der Waals surface area contributed by atoms with Crippen LogP contribution in [-0.4, -0.2) is 22.6 Å². The van der Waals surface area contributed by atoms with Crippen LogP contribution in [0.5, 0.6) is 0 Å². The number of benzene rings is 4. The standard InChI is InChI=1S/C14H12OS.C8H7BrO.C6H6S.BrH/c15-14(12-7-3-1-4-8-12)11-16-13-9-5-2-6-10-13;9-6-8(10)7-4-2-1-3-5-7;7-6-4-2-1-3-5-6;/h1-10H,11H2;1-5H,6H2;1-5,7H;1H. The molecule has 6 heteroatoms. The van der Waals surface area contributed by atoms with Crippen LogP contribution in [-0.2, 0) is 0 Å². The number of thioether (sulfide) groups is 1. The summed E-state index contributed by atoms with van der Waals surface area (Å²) in [5.41, 5.74) is 1.55. The number of hydrogen-bond acceptors (Lipinski definition) is 4. The van der Waals surface area contributed by atoms with E-state index in [1.807, 2.05) is 121 Å². The molecule has 0 fully saturated rings. The summed E-state index contributed by atoms with van der Waals surface area (Å²) in [7, 11) is 0. The molecule has 0 atom stereocenters. The lowest BCUT2D eigenvalue weighted by Gasteiger charge is -2.01. The second-order valence-corrected chi connectivity index (χ2v) is 8.78. The smallest absolute Gasteiger partial charge is 0.173 e. The van der Waals surface area contributed by atoms with Crippen LogP contribution in [0.15, 0.2) is 131 Å². The molecule has 0 radical (unpaired) electrons. The molecule has 0 saturated carbocycles. The minimum atomic E-state index is 0. The second-order valence-electron chi connectivity index (χ2n) is 6.65. The monoisotopic (exact) mass is 616 g/mol. The van der Waals surface area contributed by atoms with Gasteiger partial charge in [-0.1, -0.05) is 113 Å². The predicted molar refractivity (Wildman–Crippen MR) is 157 cm³/mol. The third kappa shape index (κ3) is 12.4. The van der Waals surface area contributed by atoms with E-state index in [9.17, 15) is 9.59 Å². The van der Waals surface area contributed by atoms with Gasteiger partial charge in [-0.25, -0.2) is 0 Å². The van der Waals surface area contributed by atoms with Crippen molar-refractivity contribution in [3.05, 3.63) is 132 Å². The summed E-state index contributed by atoms with van der Waals surface area (Å²) in [6.07, 6.45) is 0. The van der Waals surface area contributed by atoms with Crippen LogP contribution in [0.3, 0.4) is 0 Å². The summed E-state index contributed by atoms with van der Waals surface area (Å²) in [4.78, 5) is 24.9. The molecule has 0 aromatic heterocycles. The zero-order valence-corrected chi connectivity index (χ0v) is 23.4. The Balaban J connectivity index is 0.000000275. The normalized spacial score (nSPS) is 9.24. The van der Waals surface area contributed by atoms with Gasteiger partial charge in [-0.3, -0.25) is 9.59 Å². The Kier molecular flexibility index (Phi) is 16.0. The van der Waals surface area contributed by atoms with Gasteiger partial charge in [0, 0.05) is 20.9 Å². The van der Waals surface area contributed by atoms with Crippen molar-refractivity contribution in [3.8, 4) is 0 Å². The molecule has 4 aromatic carbocycles. The summed E-state index contributed by atoms with van der Waals surface area (Å²) >= 11 is 8.76. The van der Waals surface area contributed by atoms with Gasteiger partial charge in [0.05, 0.1) is 11.1 Å². The lowest BCUT2D eigenvalue weighted by Crippen LogP contribution is -2.01. The Morgan fingerprint density at radius 1 is 0.618 bits per heavy atom. The summed E-state index contributed by atoms with van der Waals surface area (Å²) in [5, 5.41) is 0.400. The molecule has 0 saturated heterocycles. The van der Waals surface area contributed by atoms with E-state index in [1.54, 1.807) is 11.8 Å². The Labute approximate surface area is 230 Å². The van der Waals surface area contributed by atoms with Crippen molar-refractivity contribution in [1.29, 1.82) is 0 Å². The quantitative estimate of drug-likeness (QED) is 0.102. The van der Waals surface area contributed by atoms with Crippen molar-refractivity contribution in [2.24, 2.45) is 0 Å². The Morgan fingerprint density at radius 2 is 1.00 bits per heavy atom. The first-order chi connectivity index (χ1) is 16.1. The molecular weight excluding hydrogens is 592 g/mol. The molecule has 4 aromatic rings. The Bertz CT molecular complexity index is 1080. The maximum atomic E-state index is 11.8. The highest BCUT2D eigenvalue weighted by molar-refractivity contribution is 9.09. The molecule has 0 heterocycles. The minimum Gasteiger partial charge on any atom is -0.293 e. The van der Waals surface area contributed by atoms with E-state index < -0.39 is 0 Å². The van der Waals surface area contributed by atoms with Crippen LogP contribution in [0.1, 0.15) is 20.7 Å². The molecule has 176 valence electrons. The van der Waals surface area contributed by atoms with E-state index in [0.29, 0.717) is 11.1 Å². The minimum absolute atomic E-state index is 0. The lowest BCUT2D eigenvalue weighted by atomic mass is 10.2. The number of halogens is 2. The van der Waals surface area contributed by atoms with Crippen molar-refractivity contribution >= 4 is 68.9 Å². The summed E-state index contributed by atoms with van der Waals surface area (Å²) in [5.74, 6) is 0.795. The van der Waals surface area contributed by atoms with Crippen LogP contribution >= 0.6 is 57.3 Å². The fourth-order valence-electron chi connectivity index (χ4n) is 2.50. The third-order valence-corrected chi connectivity index (χ3v) is 6.00. The van der Waals surface area contributed by atoms with Gasteiger partial charge in [0.1, 0.15) is 0 Å². The molecule has 0 unspecified atom stereocenters. The third-order valence-electron chi connectivity index (χ3n) is 4.18. The second kappa shape index (κ2) is 18.2. The fourth-order valence-corrected chi connectivity index (χ4v) is 3.81. The molecular formula is C28H26Br2O2S2. The van der Waals surface area contributed by atoms with Gasteiger partial charge in [-0.15, -0.1) is 41.4 Å². The lowest BCUT2D eigenvalue weighted by molar-refractivity contribution is 0.101. The highest BCUT2D eigenvalue weighted by atomic mass is 79.9. The zero-order valence-electron chi connectivity index (χ0n) is 18.4. The van der Waals surface area contributed by atoms with Gasteiger partial charge in [0.25, 0.3) is 0 Å². The van der Waals surface area contributed by atoms with Gasteiger partial charge < -0.3 is 0 Å². The van der Waals surface area contributed by atoms with Crippen molar-refractivity contribution < 1.29 is 9.59 Å². The summed E-state index contributed by atoms with van der Waals surface area (Å²) in [6.45, 7) is 0. The van der Waals surface area contributed by atoms with Gasteiger partial charge in [-0.05, 0) is 24.3 Å². The average Bonchev–Trinajstić information content (AvgIpc) is 2.89. The van der Waals surface area contributed by atoms with Crippen molar-refractivity contribution in [2.45, 2.75) is 9.79 Å². The molecule has 0 aliphatic heterocycles. The maximum absolute atomic E-state index is 11.8. The first-order valence-electron chi connectivity index (χ1n) is 10.2. The molecule has 0 bridgehead atoms. The maximum Gasteiger partial charge on any atom is 0.173 e. The van der Waals surface area contributed by atoms with Gasteiger partial charge in [-0.2, -0.15) is 0 Å². The number of ketones is 2. The molecule has 0 spiro atoms. The topological polar surface area (TPSA) is 34.1 Å². The van der Waals surface area contributed by atoms with E-state index in [4.69, 9.17) is 0 Å². The van der Waals surface area contributed by atoms with E-state index in [0.717, 1.165) is 20.9 Å². The van der Waals surface area contributed by atoms with Crippen LogP contribution in [0.2, 0.25) is 0 Å². The number of thiol groups is 1. The SMILES string of the molecule is Br.O=C(CBr)c1ccccc1.O=C(CSc1ccccc1)c1ccccc1.Sc1ccccc1. The Hall–Kier alpha value is -2.12. The number of alkyl halides is 1. The number of hydrogen-bond donors (Lipinski definition) is 1. The average molecular weight is 618 g/mol. The molecule has 2 nitrogen and oxygen atoms in total. The number of Topliss-reactive ketones (excluding diaryl/α,β-unsaturated/α-hetero) is 2. The Morgan fingerprint density at radius 3 is 1.38 bits per heavy atom. The van der Waals surface area contributed by atoms with Gasteiger partial charge in [0.2, 0.25) is 0 Å². The molecule has 4 rings (SSSR count). The first-order valence-corrected chi connectivity index (χ1v) is 12.8. The number of rotatable bonds is 6. The van der Waals surface area contributed by atoms with Crippen LogP contribution in [0.4, 0.5) is 0 Å². The summed E-state index contributed by atoms with van der Waals surface area (Å²) in [6, 6.07) is 38.4. The van der Waals surface area contributed by atoms with Crippen LogP contribution in [0.25, 0.3) is 0 Å². The molecule has 34 heavy (non-hydrogen) atoms. The van der Waals surface area contributed by atoms with E-state index >= 15 is 0 Å². The predicted octanol–water partition coefficient (Wildman–Crippen LogP) is 8.48. The van der Waals surface area contributed by atoms with E-state index in [2.05, 4.69) is 28.6 Å². The van der Waals surface area contributed by atoms with Gasteiger partial charge >= 0.3 is 0 Å². The largest absolute Gasteiger partial charge is 0.293 e. The van der Waals surface area contributed by atoms with E-state index in [1.165, 1.54) is 0 Å². The van der Waals surface area contributed by atoms with Crippen molar-refractivity contribution in [2.75, 3.05) is 11.1 Å². The zero-order chi connectivity index (χ0) is 23.7. The van der Waals surface area contributed by atoms with Crippen LogP contribution in [0, 0.1) is 0 Å².